The van der Waals surface area contributed by atoms with E-state index in [0.717, 1.165) is 11.4 Å². The molecule has 0 radical (unpaired) electrons. The minimum Gasteiger partial charge on any atom is -0.399 e. The summed E-state index contributed by atoms with van der Waals surface area (Å²) < 4.78 is 0. The molecule has 1 aromatic carbocycles. The highest BCUT2D eigenvalue weighted by Crippen LogP contribution is 2.18. The Morgan fingerprint density at radius 1 is 1.35 bits per heavy atom. The summed E-state index contributed by atoms with van der Waals surface area (Å²) >= 11 is 0. The van der Waals surface area contributed by atoms with Gasteiger partial charge in [-0.1, -0.05) is 13.0 Å². The first-order chi connectivity index (χ1) is 8.28. The zero-order valence-corrected chi connectivity index (χ0v) is 10.7. The molecule has 0 saturated carbocycles. The number of nitrogen functional groups attached to an aromatic ring is 1. The fourth-order valence-electron chi connectivity index (χ4n) is 2.48. The molecule has 1 heterocycles. The summed E-state index contributed by atoms with van der Waals surface area (Å²) in [6.45, 7) is 5.92. The highest BCUT2D eigenvalue weighted by atomic mass is 15.1. The lowest BCUT2D eigenvalue weighted by molar-refractivity contribution is 0.219. The normalized spacial score (nSPS) is 18.2. The van der Waals surface area contributed by atoms with Crippen LogP contribution >= 0.6 is 0 Å². The molecule has 1 aliphatic heterocycles. The number of hydrogen-bond donors (Lipinski definition) is 2. The second kappa shape index (κ2) is 5.92. The van der Waals surface area contributed by atoms with E-state index < -0.39 is 0 Å². The van der Waals surface area contributed by atoms with Crippen LogP contribution in [0.1, 0.15) is 26.2 Å². The first-order valence-corrected chi connectivity index (χ1v) is 6.62. The highest BCUT2D eigenvalue weighted by Gasteiger charge is 2.17. The van der Waals surface area contributed by atoms with Crippen molar-refractivity contribution in [3.05, 3.63) is 24.3 Å². The fourth-order valence-corrected chi connectivity index (χ4v) is 2.48. The van der Waals surface area contributed by atoms with E-state index >= 15 is 0 Å². The molecule has 0 spiro atoms. The number of nitrogens with two attached hydrogens (primary N) is 1. The summed E-state index contributed by atoms with van der Waals surface area (Å²) in [4.78, 5) is 2.55. The number of hydrogen-bond acceptors (Lipinski definition) is 3. The number of likely N-dealkylation sites (tertiary alicyclic amines) is 1. The maximum atomic E-state index is 5.78. The molecule has 0 aromatic heterocycles. The lowest BCUT2D eigenvalue weighted by atomic mass is 10.0. The largest absolute Gasteiger partial charge is 0.399 e. The van der Waals surface area contributed by atoms with Crippen molar-refractivity contribution in [1.29, 1.82) is 0 Å². The number of anilines is 2. The topological polar surface area (TPSA) is 41.3 Å². The molecule has 0 bridgehead atoms. The van der Waals surface area contributed by atoms with E-state index in [1.807, 2.05) is 18.2 Å². The molecule has 17 heavy (non-hydrogen) atoms. The molecule has 3 N–H and O–H groups in total. The van der Waals surface area contributed by atoms with Crippen molar-refractivity contribution in [3.63, 3.8) is 0 Å². The molecule has 1 aliphatic rings. The van der Waals surface area contributed by atoms with Crippen LogP contribution in [0.2, 0.25) is 0 Å². The van der Waals surface area contributed by atoms with Gasteiger partial charge in [0.25, 0.3) is 0 Å². The van der Waals surface area contributed by atoms with E-state index in [1.54, 1.807) is 0 Å². The van der Waals surface area contributed by atoms with Gasteiger partial charge >= 0.3 is 0 Å². The molecular weight excluding hydrogens is 210 g/mol. The molecule has 1 aromatic rings. The van der Waals surface area contributed by atoms with Gasteiger partial charge in [-0.05, 0) is 44.0 Å². The Morgan fingerprint density at radius 3 is 2.76 bits per heavy atom. The smallest absolute Gasteiger partial charge is 0.0362 e. The summed E-state index contributed by atoms with van der Waals surface area (Å²) in [5.74, 6) is 0. The van der Waals surface area contributed by atoms with E-state index in [-0.39, 0.29) is 0 Å². The van der Waals surface area contributed by atoms with Gasteiger partial charge in [-0.25, -0.2) is 0 Å². The summed E-state index contributed by atoms with van der Waals surface area (Å²) in [6.07, 6.45) is 3.72. The SMILES string of the molecule is CCCN1CCC(Nc2cccc(N)c2)CC1. The summed E-state index contributed by atoms with van der Waals surface area (Å²) in [7, 11) is 0. The number of piperidine rings is 1. The van der Waals surface area contributed by atoms with Gasteiger partial charge in [0.2, 0.25) is 0 Å². The number of nitrogens with one attached hydrogen (secondary N) is 1. The van der Waals surface area contributed by atoms with Gasteiger partial charge in [0.05, 0.1) is 0 Å². The van der Waals surface area contributed by atoms with Crippen LogP contribution in [-0.2, 0) is 0 Å². The average Bonchev–Trinajstić information content (AvgIpc) is 2.32. The lowest BCUT2D eigenvalue weighted by Crippen LogP contribution is -2.39. The lowest BCUT2D eigenvalue weighted by Gasteiger charge is -2.32. The average molecular weight is 233 g/mol. The summed E-state index contributed by atoms with van der Waals surface area (Å²) in [6, 6.07) is 8.64. The third-order valence-corrected chi connectivity index (χ3v) is 3.38. The Hall–Kier alpha value is -1.22. The number of nitrogens with zero attached hydrogens (tertiary/aromatic N) is 1. The number of rotatable bonds is 4. The van der Waals surface area contributed by atoms with E-state index in [0.29, 0.717) is 6.04 Å². The van der Waals surface area contributed by atoms with Crippen LogP contribution in [0.5, 0.6) is 0 Å². The van der Waals surface area contributed by atoms with Gasteiger partial charge in [-0.2, -0.15) is 0 Å². The molecule has 1 fully saturated rings. The molecular formula is C14H23N3. The maximum Gasteiger partial charge on any atom is 0.0362 e. The van der Waals surface area contributed by atoms with Crippen LogP contribution in [0.3, 0.4) is 0 Å². The molecule has 1 saturated heterocycles. The number of benzene rings is 1. The molecule has 0 amide bonds. The van der Waals surface area contributed by atoms with E-state index in [2.05, 4.69) is 23.2 Å². The van der Waals surface area contributed by atoms with Crippen molar-refractivity contribution in [2.45, 2.75) is 32.2 Å². The Labute approximate surface area is 104 Å². The first kappa shape index (κ1) is 12.2. The van der Waals surface area contributed by atoms with Crippen molar-refractivity contribution < 1.29 is 0 Å². The predicted molar refractivity (Wildman–Crippen MR) is 74.2 cm³/mol. The van der Waals surface area contributed by atoms with Crippen LogP contribution < -0.4 is 11.1 Å². The molecule has 3 heteroatoms. The van der Waals surface area contributed by atoms with Gasteiger partial charge in [-0.15, -0.1) is 0 Å². The minimum atomic E-state index is 0.602. The first-order valence-electron chi connectivity index (χ1n) is 6.62. The fraction of sp³-hybridized carbons (Fsp3) is 0.571. The third-order valence-electron chi connectivity index (χ3n) is 3.38. The van der Waals surface area contributed by atoms with E-state index in [4.69, 9.17) is 5.73 Å². The van der Waals surface area contributed by atoms with Crippen molar-refractivity contribution >= 4 is 11.4 Å². The summed E-state index contributed by atoms with van der Waals surface area (Å²) in [5.41, 5.74) is 7.76. The second-order valence-corrected chi connectivity index (χ2v) is 4.89. The predicted octanol–water partition coefficient (Wildman–Crippen LogP) is 2.56. The van der Waals surface area contributed by atoms with Crippen LogP contribution in [0.4, 0.5) is 11.4 Å². The molecule has 0 unspecified atom stereocenters. The maximum absolute atomic E-state index is 5.78. The van der Waals surface area contributed by atoms with Crippen LogP contribution in [0.15, 0.2) is 24.3 Å². The van der Waals surface area contributed by atoms with Crippen LogP contribution in [0.25, 0.3) is 0 Å². The Bertz CT molecular complexity index is 343. The molecule has 2 rings (SSSR count). The summed E-state index contributed by atoms with van der Waals surface area (Å²) in [5, 5.41) is 3.58. The standard InChI is InChI=1S/C14H23N3/c1-2-8-17-9-6-13(7-10-17)16-14-5-3-4-12(15)11-14/h3-5,11,13,16H,2,6-10,15H2,1H3. The van der Waals surface area contributed by atoms with Gasteiger partial charge in [0.1, 0.15) is 0 Å². The van der Waals surface area contributed by atoms with Crippen molar-refractivity contribution in [1.82, 2.24) is 4.90 Å². The Kier molecular flexibility index (Phi) is 4.26. The zero-order chi connectivity index (χ0) is 12.1. The third kappa shape index (κ3) is 3.63. The van der Waals surface area contributed by atoms with E-state index in [9.17, 15) is 0 Å². The second-order valence-electron chi connectivity index (χ2n) is 4.89. The highest BCUT2D eigenvalue weighted by molar-refractivity contribution is 5.54. The van der Waals surface area contributed by atoms with Gasteiger partial charge in [-0.3, -0.25) is 0 Å². The van der Waals surface area contributed by atoms with Gasteiger partial charge in [0.15, 0.2) is 0 Å². The van der Waals surface area contributed by atoms with Crippen LogP contribution in [0, 0.1) is 0 Å². The van der Waals surface area contributed by atoms with Crippen LogP contribution in [-0.4, -0.2) is 30.6 Å². The molecule has 0 aliphatic carbocycles. The van der Waals surface area contributed by atoms with Crippen molar-refractivity contribution in [3.8, 4) is 0 Å². The molecule has 3 nitrogen and oxygen atoms in total. The minimum absolute atomic E-state index is 0.602. The Balaban J connectivity index is 1.82. The zero-order valence-electron chi connectivity index (χ0n) is 10.7. The van der Waals surface area contributed by atoms with Crippen molar-refractivity contribution in [2.24, 2.45) is 0 Å². The monoisotopic (exact) mass is 233 g/mol. The van der Waals surface area contributed by atoms with Gasteiger partial charge < -0.3 is 16.0 Å². The molecule has 0 atom stereocenters. The van der Waals surface area contributed by atoms with Crippen molar-refractivity contribution in [2.75, 3.05) is 30.7 Å². The Morgan fingerprint density at radius 2 is 2.12 bits per heavy atom. The quantitative estimate of drug-likeness (QED) is 0.785. The van der Waals surface area contributed by atoms with Gasteiger partial charge in [0, 0.05) is 30.5 Å². The van der Waals surface area contributed by atoms with E-state index in [1.165, 1.54) is 38.9 Å². The molecule has 94 valence electrons.